The van der Waals surface area contributed by atoms with Crippen LogP contribution in [0.25, 0.3) is 11.3 Å². The van der Waals surface area contributed by atoms with E-state index in [0.29, 0.717) is 18.4 Å². The van der Waals surface area contributed by atoms with E-state index in [2.05, 4.69) is 27.3 Å². The van der Waals surface area contributed by atoms with Gasteiger partial charge in [0.05, 0.1) is 34.6 Å². The Balaban J connectivity index is 1.53. The van der Waals surface area contributed by atoms with Gasteiger partial charge >= 0.3 is 6.18 Å². The molecule has 0 radical (unpaired) electrons. The zero-order valence-corrected chi connectivity index (χ0v) is 20.8. The van der Waals surface area contributed by atoms with Crippen molar-refractivity contribution in [3.63, 3.8) is 0 Å². The van der Waals surface area contributed by atoms with Gasteiger partial charge in [0.1, 0.15) is 0 Å². The van der Waals surface area contributed by atoms with Crippen LogP contribution in [0.2, 0.25) is 5.02 Å². The minimum atomic E-state index is -4.71. The Morgan fingerprint density at radius 1 is 1.27 bits per heavy atom. The molecule has 37 heavy (non-hydrogen) atoms. The predicted octanol–water partition coefficient (Wildman–Crippen LogP) is 4.00. The topological polar surface area (TPSA) is 120 Å². The molecule has 1 aliphatic rings. The molecule has 2 heterocycles. The van der Waals surface area contributed by atoms with E-state index in [4.69, 9.17) is 17.3 Å². The highest BCUT2D eigenvalue weighted by atomic mass is 35.5. The van der Waals surface area contributed by atoms with Crippen LogP contribution in [0.5, 0.6) is 0 Å². The predicted molar refractivity (Wildman–Crippen MR) is 132 cm³/mol. The molecule has 2 aromatic heterocycles. The second-order valence-electron chi connectivity index (χ2n) is 9.12. The first kappa shape index (κ1) is 26.4. The van der Waals surface area contributed by atoms with Gasteiger partial charge in [-0.15, -0.1) is 0 Å². The molecule has 196 valence electrons. The number of halogens is 4. The molecule has 4 N–H and O–H groups in total. The lowest BCUT2D eigenvalue weighted by molar-refractivity contribution is -0.141. The van der Waals surface area contributed by atoms with Crippen LogP contribution in [-0.4, -0.2) is 43.2 Å². The number of nitrogens with two attached hydrogens (primary N) is 1. The second-order valence-corrected chi connectivity index (χ2v) is 9.53. The van der Waals surface area contributed by atoms with Gasteiger partial charge in [0.25, 0.3) is 11.8 Å². The van der Waals surface area contributed by atoms with Gasteiger partial charge in [-0.25, -0.2) is 4.98 Å². The largest absolute Gasteiger partial charge is 0.435 e. The maximum atomic E-state index is 13.7. The number of rotatable bonds is 7. The first-order chi connectivity index (χ1) is 17.3. The Morgan fingerprint density at radius 3 is 2.57 bits per heavy atom. The molecule has 1 fully saturated rings. The molecule has 13 heteroatoms. The molecule has 3 aromatic rings. The number of allylic oxidation sites excluding steroid dienone is 1. The van der Waals surface area contributed by atoms with E-state index in [1.807, 2.05) is 0 Å². The molecule has 0 saturated heterocycles. The number of nitrogens with one attached hydrogen (secondary N) is 2. The lowest BCUT2D eigenvalue weighted by Gasteiger charge is -2.33. The van der Waals surface area contributed by atoms with Gasteiger partial charge in [0.15, 0.2) is 11.5 Å². The van der Waals surface area contributed by atoms with Crippen LogP contribution in [0.3, 0.4) is 0 Å². The number of hydrogen-bond acceptors (Lipinski definition) is 5. The molecule has 1 aliphatic carbocycles. The fourth-order valence-corrected chi connectivity index (χ4v) is 4.32. The molecule has 0 unspecified atom stereocenters. The smallest absolute Gasteiger partial charge is 0.349 e. The molecule has 0 aliphatic heterocycles. The van der Waals surface area contributed by atoms with Crippen LogP contribution >= 0.6 is 11.6 Å². The highest BCUT2D eigenvalue weighted by molar-refractivity contribution is 6.34. The molecule has 0 bridgehead atoms. The molecule has 1 saturated carbocycles. The van der Waals surface area contributed by atoms with Crippen molar-refractivity contribution in [2.24, 2.45) is 12.8 Å². The molecule has 0 spiro atoms. The third-order valence-corrected chi connectivity index (χ3v) is 6.22. The molecule has 4 rings (SSSR count). The first-order valence-electron chi connectivity index (χ1n) is 11.3. The van der Waals surface area contributed by atoms with Crippen LogP contribution in [0.1, 0.15) is 46.4 Å². The number of benzene rings is 1. The van der Waals surface area contributed by atoms with E-state index in [-0.39, 0.29) is 57.9 Å². The lowest BCUT2D eigenvalue weighted by Crippen LogP contribution is -2.50. The van der Waals surface area contributed by atoms with Crippen molar-refractivity contribution in [2.75, 3.05) is 5.32 Å². The number of alkyl halides is 3. The highest BCUT2D eigenvalue weighted by Gasteiger charge is 2.38. The second kappa shape index (κ2) is 10.0. The molecular weight excluding hydrogens is 511 g/mol. The van der Waals surface area contributed by atoms with Gasteiger partial charge in [0.2, 0.25) is 0 Å². The van der Waals surface area contributed by atoms with Crippen molar-refractivity contribution in [3.05, 3.63) is 64.8 Å². The number of imidazole rings is 1. The lowest BCUT2D eigenvalue weighted by atomic mass is 9.87. The summed E-state index contributed by atoms with van der Waals surface area (Å²) in [7, 11) is 1.43. The minimum Gasteiger partial charge on any atom is -0.349 e. The summed E-state index contributed by atoms with van der Waals surface area (Å²) in [4.78, 5) is 29.4. The Morgan fingerprint density at radius 2 is 1.97 bits per heavy atom. The van der Waals surface area contributed by atoms with Gasteiger partial charge in [0, 0.05) is 31.0 Å². The SMILES string of the molecule is C=C(C)Cn1cc(-c2cnc(C(=O)Nc3ccc(C(=O)N[C@H]4C[C@@H](N)C4)c(Cl)c3)n2C)c(C(F)(F)F)n1. The minimum absolute atomic E-state index is 0.00122. The van der Waals surface area contributed by atoms with Crippen molar-refractivity contribution < 1.29 is 22.8 Å². The maximum Gasteiger partial charge on any atom is 0.435 e. The van der Waals surface area contributed by atoms with Crippen LogP contribution < -0.4 is 16.4 Å². The number of hydrogen-bond donors (Lipinski definition) is 3. The fraction of sp³-hybridized carbons (Fsp3) is 0.333. The Hall–Kier alpha value is -3.64. The third-order valence-electron chi connectivity index (χ3n) is 5.91. The van der Waals surface area contributed by atoms with Gasteiger partial charge < -0.3 is 20.9 Å². The van der Waals surface area contributed by atoms with Crippen molar-refractivity contribution in [3.8, 4) is 11.3 Å². The molecule has 0 atom stereocenters. The van der Waals surface area contributed by atoms with Gasteiger partial charge in [-0.2, -0.15) is 18.3 Å². The number of carbonyl (C=O) groups is 2. The van der Waals surface area contributed by atoms with Gasteiger partial charge in [-0.3, -0.25) is 14.3 Å². The monoisotopic (exact) mass is 535 g/mol. The standard InChI is InChI=1S/C24H25ClF3N7O2/c1-12(2)10-35-11-17(20(33-35)24(26,27)28)19-9-30-21(34(19)3)23(37)31-14-4-5-16(18(25)8-14)22(36)32-15-6-13(29)7-15/h4-5,8-9,11,13,15H,1,6-7,10,29H2,2-3H3,(H,31,37)(H,32,36)/t13-,15+. The van der Waals surface area contributed by atoms with Crippen LogP contribution in [0, 0.1) is 0 Å². The van der Waals surface area contributed by atoms with Crippen molar-refractivity contribution in [2.45, 2.75) is 44.6 Å². The van der Waals surface area contributed by atoms with Gasteiger partial charge in [-0.05, 0) is 38.0 Å². The number of anilines is 1. The van der Waals surface area contributed by atoms with Crippen LogP contribution in [-0.2, 0) is 19.8 Å². The first-order valence-corrected chi connectivity index (χ1v) is 11.7. The van der Waals surface area contributed by atoms with E-state index in [1.54, 1.807) is 6.92 Å². The quantitative estimate of drug-likeness (QED) is 0.395. The third kappa shape index (κ3) is 5.70. The number of carbonyl (C=O) groups excluding carboxylic acids is 2. The van der Waals surface area contributed by atoms with Crippen molar-refractivity contribution in [1.29, 1.82) is 0 Å². The van der Waals surface area contributed by atoms with E-state index in [1.165, 1.54) is 42.2 Å². The van der Waals surface area contributed by atoms with E-state index < -0.39 is 17.8 Å². The highest BCUT2D eigenvalue weighted by Crippen LogP contribution is 2.36. The Kier molecular flexibility index (Phi) is 7.16. The Bertz CT molecular complexity index is 1370. The zero-order chi connectivity index (χ0) is 27.1. The number of amides is 2. The van der Waals surface area contributed by atoms with Crippen molar-refractivity contribution >= 4 is 29.1 Å². The Labute approximate surface area is 215 Å². The van der Waals surface area contributed by atoms with E-state index in [9.17, 15) is 22.8 Å². The van der Waals surface area contributed by atoms with Crippen LogP contribution in [0.4, 0.5) is 18.9 Å². The fourth-order valence-electron chi connectivity index (χ4n) is 4.05. The maximum absolute atomic E-state index is 13.7. The average Bonchev–Trinajstić information content (AvgIpc) is 3.35. The molecule has 9 nitrogen and oxygen atoms in total. The summed E-state index contributed by atoms with van der Waals surface area (Å²) in [5, 5.41) is 9.24. The van der Waals surface area contributed by atoms with Crippen molar-refractivity contribution in [1.82, 2.24) is 24.6 Å². The number of aromatic nitrogens is 4. The van der Waals surface area contributed by atoms with Crippen LogP contribution in [0.15, 0.2) is 42.7 Å². The van der Waals surface area contributed by atoms with E-state index >= 15 is 0 Å². The zero-order valence-electron chi connectivity index (χ0n) is 20.1. The molecular formula is C24H25ClF3N7O2. The summed E-state index contributed by atoms with van der Waals surface area (Å²) in [5.41, 5.74) is 5.65. The summed E-state index contributed by atoms with van der Waals surface area (Å²) in [6.45, 7) is 5.49. The normalized spacial score (nSPS) is 17.3. The summed E-state index contributed by atoms with van der Waals surface area (Å²) in [6, 6.07) is 4.47. The molecule has 2 amide bonds. The summed E-state index contributed by atoms with van der Waals surface area (Å²) in [6.07, 6.45) is -0.890. The van der Waals surface area contributed by atoms with E-state index in [0.717, 1.165) is 4.68 Å². The summed E-state index contributed by atoms with van der Waals surface area (Å²) < 4.78 is 43.4. The summed E-state index contributed by atoms with van der Waals surface area (Å²) >= 11 is 6.26. The van der Waals surface area contributed by atoms with Gasteiger partial charge in [-0.1, -0.05) is 23.8 Å². The average molecular weight is 536 g/mol. The summed E-state index contributed by atoms with van der Waals surface area (Å²) in [5.74, 6) is -1.15. The molecule has 1 aromatic carbocycles. The number of nitrogens with zero attached hydrogens (tertiary/aromatic N) is 4.